The van der Waals surface area contributed by atoms with E-state index in [0.29, 0.717) is 5.69 Å². The van der Waals surface area contributed by atoms with E-state index < -0.39 is 41.2 Å². The molecule has 32 heavy (non-hydrogen) atoms. The fourth-order valence-electron chi connectivity index (χ4n) is 2.81. The first-order valence-electron chi connectivity index (χ1n) is 8.89. The number of aliphatic hydroxyl groups excluding tert-OH is 1. The molecule has 13 heteroatoms. The van der Waals surface area contributed by atoms with Gasteiger partial charge >= 0.3 is 12.2 Å². The van der Waals surface area contributed by atoms with E-state index in [4.69, 9.17) is 0 Å². The van der Waals surface area contributed by atoms with E-state index in [-0.39, 0.29) is 15.3 Å². The number of halogens is 4. The van der Waals surface area contributed by atoms with Crippen molar-refractivity contribution in [2.24, 2.45) is 0 Å². The van der Waals surface area contributed by atoms with Crippen LogP contribution >= 0.6 is 11.3 Å². The fraction of sp³-hybridized carbons (Fsp3) is 0.211. The number of thiazole rings is 1. The number of hydrogen-bond acceptors (Lipinski definition) is 6. The van der Waals surface area contributed by atoms with Crippen LogP contribution in [0.15, 0.2) is 42.5 Å². The van der Waals surface area contributed by atoms with E-state index in [1.165, 1.54) is 12.1 Å². The maximum atomic E-state index is 13.7. The zero-order chi connectivity index (χ0) is 23.7. The summed E-state index contributed by atoms with van der Waals surface area (Å²) in [6.07, 6.45) is -8.20. The SMILES string of the molecule is CNC(=O)[C@H](O)[C@@](O)(c1ccc2nc(NC(=O)Nc3ccc(F)cc3)sc2c1)C(F)(F)F. The van der Waals surface area contributed by atoms with Gasteiger partial charge in [0.25, 0.3) is 5.91 Å². The molecule has 8 nitrogen and oxygen atoms in total. The number of carbonyl (C=O) groups excluding carboxylic acids is 2. The number of alkyl halides is 3. The first-order valence-corrected chi connectivity index (χ1v) is 9.70. The average molecular weight is 472 g/mol. The number of aromatic nitrogens is 1. The molecule has 5 N–H and O–H groups in total. The lowest BCUT2D eigenvalue weighted by atomic mass is 9.86. The molecule has 1 heterocycles. The van der Waals surface area contributed by atoms with Gasteiger partial charge < -0.3 is 20.8 Å². The van der Waals surface area contributed by atoms with Gasteiger partial charge in [-0.3, -0.25) is 10.1 Å². The van der Waals surface area contributed by atoms with Gasteiger partial charge in [0.2, 0.25) is 5.60 Å². The minimum atomic E-state index is -5.38. The Labute approximate surface area is 181 Å². The molecule has 0 unspecified atom stereocenters. The average Bonchev–Trinajstić information content (AvgIpc) is 3.13. The predicted octanol–water partition coefficient (Wildman–Crippen LogP) is 2.94. The van der Waals surface area contributed by atoms with Crippen LogP contribution in [0, 0.1) is 5.82 Å². The highest BCUT2D eigenvalue weighted by atomic mass is 32.1. The molecule has 3 amide bonds. The first kappa shape index (κ1) is 23.4. The summed E-state index contributed by atoms with van der Waals surface area (Å²) >= 11 is 0.802. The van der Waals surface area contributed by atoms with Crippen molar-refractivity contribution in [2.75, 3.05) is 17.7 Å². The van der Waals surface area contributed by atoms with Gasteiger partial charge in [0.05, 0.1) is 10.2 Å². The molecular formula is C19H16F4N4O4S. The molecule has 3 rings (SSSR count). The summed E-state index contributed by atoms with van der Waals surface area (Å²) in [7, 11) is 1.02. The van der Waals surface area contributed by atoms with Crippen LogP contribution in [0.5, 0.6) is 0 Å². The molecule has 0 fully saturated rings. The minimum absolute atomic E-state index is 0.0270. The Morgan fingerprint density at radius 3 is 2.34 bits per heavy atom. The van der Waals surface area contributed by atoms with E-state index >= 15 is 0 Å². The van der Waals surface area contributed by atoms with Crippen molar-refractivity contribution in [3.8, 4) is 0 Å². The molecule has 170 valence electrons. The molecule has 3 aromatic rings. The largest absolute Gasteiger partial charge is 0.424 e. The third kappa shape index (κ3) is 4.49. The van der Waals surface area contributed by atoms with Crippen molar-refractivity contribution < 1.29 is 37.4 Å². The topological polar surface area (TPSA) is 124 Å². The normalized spacial score (nSPS) is 14.5. The highest BCUT2D eigenvalue weighted by Crippen LogP contribution is 2.43. The molecule has 0 spiro atoms. The molecule has 0 saturated carbocycles. The minimum Gasteiger partial charge on any atom is -0.380 e. The Balaban J connectivity index is 1.88. The molecule has 2 atom stereocenters. The maximum Gasteiger partial charge on any atom is 0.424 e. The number of carbonyl (C=O) groups is 2. The number of nitrogens with zero attached hydrogens (tertiary/aromatic N) is 1. The molecule has 1 aromatic heterocycles. The van der Waals surface area contributed by atoms with Crippen molar-refractivity contribution in [2.45, 2.75) is 17.9 Å². The van der Waals surface area contributed by atoms with Crippen LogP contribution in [0.3, 0.4) is 0 Å². The van der Waals surface area contributed by atoms with E-state index in [1.54, 1.807) is 0 Å². The van der Waals surface area contributed by atoms with Crippen LogP contribution in [0.2, 0.25) is 0 Å². The smallest absolute Gasteiger partial charge is 0.380 e. The molecule has 0 radical (unpaired) electrons. The van der Waals surface area contributed by atoms with Gasteiger partial charge in [-0.2, -0.15) is 13.2 Å². The summed E-state index contributed by atoms with van der Waals surface area (Å²) in [5.41, 5.74) is -4.15. The lowest BCUT2D eigenvalue weighted by molar-refractivity contribution is -0.293. The van der Waals surface area contributed by atoms with Gasteiger partial charge in [0.1, 0.15) is 5.82 Å². The number of fused-ring (bicyclic) bond motifs is 1. The summed E-state index contributed by atoms with van der Waals surface area (Å²) in [5.74, 6) is -1.91. The number of rotatable bonds is 5. The summed E-state index contributed by atoms with van der Waals surface area (Å²) in [6, 6.07) is 7.17. The van der Waals surface area contributed by atoms with Gasteiger partial charge in [0.15, 0.2) is 11.2 Å². The zero-order valence-electron chi connectivity index (χ0n) is 16.2. The number of anilines is 2. The molecule has 0 aliphatic rings. The molecule has 0 saturated heterocycles. The van der Waals surface area contributed by atoms with Crippen LogP contribution in [0.25, 0.3) is 10.2 Å². The number of aliphatic hydroxyl groups is 2. The quantitative estimate of drug-likeness (QED) is 0.366. The standard InChI is InChI=1S/C19H16F4N4O4S/c1-24-15(29)14(28)18(31,19(21,22)23)9-2-7-12-13(8-9)32-17(26-12)27-16(30)25-11-5-3-10(20)4-6-11/h2-8,14,28,31H,1H3,(H,24,29)(H2,25,26,27,30)/t14-,18-/m0/s1. The van der Waals surface area contributed by atoms with Gasteiger partial charge in [-0.15, -0.1) is 0 Å². The monoisotopic (exact) mass is 472 g/mol. The third-order valence-electron chi connectivity index (χ3n) is 4.47. The molecule has 0 bridgehead atoms. The second kappa shape index (κ2) is 8.68. The van der Waals surface area contributed by atoms with E-state index in [1.807, 2.05) is 5.32 Å². The molecular weight excluding hydrogens is 456 g/mol. The maximum absolute atomic E-state index is 13.7. The second-order valence-corrected chi connectivity index (χ2v) is 7.60. The molecule has 0 aliphatic heterocycles. The number of hydrogen-bond donors (Lipinski definition) is 5. The van der Waals surface area contributed by atoms with E-state index in [0.717, 1.165) is 48.7 Å². The molecule has 2 aromatic carbocycles. The molecule has 0 aliphatic carbocycles. The van der Waals surface area contributed by atoms with E-state index in [2.05, 4.69) is 15.6 Å². The Kier molecular flexibility index (Phi) is 6.34. The Morgan fingerprint density at radius 1 is 1.09 bits per heavy atom. The van der Waals surface area contributed by atoms with Crippen molar-refractivity contribution in [3.63, 3.8) is 0 Å². The Morgan fingerprint density at radius 2 is 1.75 bits per heavy atom. The lowest BCUT2D eigenvalue weighted by Gasteiger charge is -2.34. The van der Waals surface area contributed by atoms with Crippen LogP contribution in [0.1, 0.15) is 5.56 Å². The van der Waals surface area contributed by atoms with Crippen molar-refractivity contribution in [3.05, 3.63) is 53.8 Å². The summed E-state index contributed by atoms with van der Waals surface area (Å²) in [4.78, 5) is 27.8. The first-order chi connectivity index (χ1) is 15.0. The number of nitrogens with one attached hydrogen (secondary N) is 3. The Hall–Kier alpha value is -3.29. The third-order valence-corrected chi connectivity index (χ3v) is 5.41. The van der Waals surface area contributed by atoms with Gasteiger partial charge in [0, 0.05) is 12.7 Å². The van der Waals surface area contributed by atoms with Crippen LogP contribution in [-0.2, 0) is 10.4 Å². The van der Waals surface area contributed by atoms with Gasteiger partial charge in [-0.1, -0.05) is 17.4 Å². The number of likely N-dealkylation sites (N-methyl/N-ethyl adjacent to an activating group) is 1. The van der Waals surface area contributed by atoms with E-state index in [9.17, 15) is 37.4 Å². The second-order valence-electron chi connectivity index (χ2n) is 6.57. The Bertz CT molecular complexity index is 1150. The lowest BCUT2D eigenvalue weighted by Crippen LogP contribution is -2.57. The number of benzene rings is 2. The van der Waals surface area contributed by atoms with Crippen LogP contribution in [0.4, 0.5) is 33.2 Å². The summed E-state index contributed by atoms with van der Waals surface area (Å²) < 4.78 is 54.0. The summed E-state index contributed by atoms with van der Waals surface area (Å²) in [5, 5.41) is 26.9. The van der Waals surface area contributed by atoms with Crippen molar-refractivity contribution in [1.29, 1.82) is 0 Å². The van der Waals surface area contributed by atoms with Crippen molar-refractivity contribution in [1.82, 2.24) is 10.3 Å². The number of amides is 3. The van der Waals surface area contributed by atoms with Crippen LogP contribution < -0.4 is 16.0 Å². The predicted molar refractivity (Wildman–Crippen MR) is 109 cm³/mol. The fourth-order valence-corrected chi connectivity index (χ4v) is 3.71. The highest BCUT2D eigenvalue weighted by molar-refractivity contribution is 7.22. The van der Waals surface area contributed by atoms with Crippen LogP contribution in [-0.4, -0.2) is 46.5 Å². The van der Waals surface area contributed by atoms with Gasteiger partial charge in [-0.05, 0) is 42.0 Å². The van der Waals surface area contributed by atoms with Gasteiger partial charge in [-0.25, -0.2) is 14.2 Å². The highest BCUT2D eigenvalue weighted by Gasteiger charge is 2.61. The van der Waals surface area contributed by atoms with Crippen molar-refractivity contribution >= 4 is 44.3 Å². The summed E-state index contributed by atoms with van der Waals surface area (Å²) in [6.45, 7) is 0. The number of urea groups is 1. The zero-order valence-corrected chi connectivity index (χ0v) is 17.0.